The molecule has 0 fully saturated rings. The maximum Gasteiger partial charge on any atom is 0.285 e. The minimum atomic E-state index is -0.413. The molecule has 1 aromatic carbocycles. The van der Waals surface area contributed by atoms with Gasteiger partial charge in [-0.2, -0.15) is 10.2 Å². The minimum absolute atomic E-state index is 0.0550. The minimum Gasteiger partial charge on any atom is -0.376 e. The van der Waals surface area contributed by atoms with Gasteiger partial charge in [0.05, 0.1) is 30.7 Å². The van der Waals surface area contributed by atoms with Gasteiger partial charge in [-0.1, -0.05) is 41.9 Å². The predicted octanol–water partition coefficient (Wildman–Crippen LogP) is 2.84. The number of H-pyrrole nitrogens is 1. The Morgan fingerprint density at radius 2 is 2.09 bits per heavy atom. The number of nitrogens with zero attached hydrogens (tertiary/aromatic N) is 3. The highest BCUT2D eigenvalue weighted by atomic mass is 35.5. The topological polar surface area (TPSA) is 75.6 Å². The molecule has 6 nitrogen and oxygen atoms in total. The number of benzene rings is 1. The van der Waals surface area contributed by atoms with E-state index in [1.807, 2.05) is 36.0 Å². The summed E-state index contributed by atoms with van der Waals surface area (Å²) in [4.78, 5) is 11.5. The van der Waals surface area contributed by atoms with E-state index in [-0.39, 0.29) is 11.1 Å². The smallest absolute Gasteiger partial charge is 0.285 e. The summed E-state index contributed by atoms with van der Waals surface area (Å²) < 4.78 is 1.88. The second-order valence-corrected chi connectivity index (χ2v) is 5.63. The van der Waals surface area contributed by atoms with Crippen molar-refractivity contribution in [1.29, 1.82) is 0 Å². The van der Waals surface area contributed by atoms with Gasteiger partial charge in [-0.05, 0) is 12.5 Å². The Balaban J connectivity index is 1.72. The molecule has 0 aliphatic heterocycles. The second kappa shape index (κ2) is 6.66. The van der Waals surface area contributed by atoms with Crippen LogP contribution in [0.2, 0.25) is 5.02 Å². The molecular weight excluding hydrogens is 314 g/mol. The van der Waals surface area contributed by atoms with Gasteiger partial charge in [0.1, 0.15) is 5.02 Å². The largest absolute Gasteiger partial charge is 0.376 e. The Morgan fingerprint density at radius 1 is 1.30 bits per heavy atom. The van der Waals surface area contributed by atoms with Crippen molar-refractivity contribution in [2.75, 3.05) is 5.32 Å². The van der Waals surface area contributed by atoms with Crippen molar-refractivity contribution in [3.05, 3.63) is 75.4 Å². The number of halogens is 1. The molecule has 1 atom stereocenters. The van der Waals surface area contributed by atoms with Gasteiger partial charge in [-0.15, -0.1) is 0 Å². The summed E-state index contributed by atoms with van der Waals surface area (Å²) in [6.45, 7) is 2.68. The van der Waals surface area contributed by atoms with Gasteiger partial charge in [-0.25, -0.2) is 5.10 Å². The van der Waals surface area contributed by atoms with Gasteiger partial charge in [0.2, 0.25) is 0 Å². The van der Waals surface area contributed by atoms with Crippen LogP contribution in [-0.2, 0) is 6.54 Å². The van der Waals surface area contributed by atoms with Crippen molar-refractivity contribution in [3.8, 4) is 0 Å². The average Bonchev–Trinajstić information content (AvgIpc) is 3.01. The third kappa shape index (κ3) is 3.60. The first-order chi connectivity index (χ1) is 11.1. The van der Waals surface area contributed by atoms with E-state index in [9.17, 15) is 4.79 Å². The van der Waals surface area contributed by atoms with Crippen molar-refractivity contribution < 1.29 is 0 Å². The molecule has 2 aromatic heterocycles. The van der Waals surface area contributed by atoms with Crippen LogP contribution in [-0.4, -0.2) is 20.0 Å². The van der Waals surface area contributed by atoms with Crippen LogP contribution in [0.15, 0.2) is 53.7 Å². The molecule has 0 saturated carbocycles. The quantitative estimate of drug-likeness (QED) is 0.754. The van der Waals surface area contributed by atoms with E-state index in [1.54, 1.807) is 6.20 Å². The molecule has 23 heavy (non-hydrogen) atoms. The molecule has 3 aromatic rings. The highest BCUT2D eigenvalue weighted by Crippen LogP contribution is 2.22. The molecule has 3 rings (SSSR count). The lowest BCUT2D eigenvalue weighted by atomic mass is 10.2. The summed E-state index contributed by atoms with van der Waals surface area (Å²) in [5.41, 5.74) is 2.27. The zero-order chi connectivity index (χ0) is 16.2. The first-order valence-corrected chi connectivity index (χ1v) is 7.57. The fraction of sp³-hybridized carbons (Fsp3) is 0.188. The van der Waals surface area contributed by atoms with E-state index in [0.717, 1.165) is 5.56 Å². The van der Waals surface area contributed by atoms with Crippen LogP contribution in [0.5, 0.6) is 0 Å². The van der Waals surface area contributed by atoms with Gasteiger partial charge < -0.3 is 5.32 Å². The van der Waals surface area contributed by atoms with Gasteiger partial charge in [0, 0.05) is 11.8 Å². The molecule has 118 valence electrons. The Bertz CT molecular complexity index is 843. The molecule has 0 radical (unpaired) electrons. The third-order valence-electron chi connectivity index (χ3n) is 3.51. The number of aromatic nitrogens is 4. The van der Waals surface area contributed by atoms with E-state index in [4.69, 9.17) is 11.6 Å². The Labute approximate surface area is 138 Å². The van der Waals surface area contributed by atoms with E-state index in [2.05, 4.69) is 32.7 Å². The van der Waals surface area contributed by atoms with Crippen LogP contribution >= 0.6 is 11.6 Å². The molecule has 0 bridgehead atoms. The zero-order valence-electron chi connectivity index (χ0n) is 12.5. The molecular formula is C16H16ClN5O. The highest BCUT2D eigenvalue weighted by Gasteiger charge is 2.12. The van der Waals surface area contributed by atoms with E-state index >= 15 is 0 Å². The lowest BCUT2D eigenvalue weighted by Gasteiger charge is -2.13. The third-order valence-corrected chi connectivity index (χ3v) is 3.88. The van der Waals surface area contributed by atoms with Gasteiger partial charge in [0.15, 0.2) is 0 Å². The summed E-state index contributed by atoms with van der Waals surface area (Å²) in [6, 6.07) is 10.1. The summed E-state index contributed by atoms with van der Waals surface area (Å²) >= 11 is 5.97. The standard InChI is InChI=1S/C16H16ClN5O/c1-11(20-14-8-18-21-16(23)15(14)17)13-7-19-22(10-13)9-12-5-3-2-4-6-12/h2-8,10-11H,9H2,1H3,(H2,20,21,23). The predicted molar refractivity (Wildman–Crippen MR) is 89.7 cm³/mol. The van der Waals surface area contributed by atoms with Crippen molar-refractivity contribution in [3.63, 3.8) is 0 Å². The van der Waals surface area contributed by atoms with Gasteiger partial charge in [-0.3, -0.25) is 9.48 Å². The average molecular weight is 330 g/mol. The van der Waals surface area contributed by atoms with Crippen LogP contribution in [0.3, 0.4) is 0 Å². The molecule has 2 heterocycles. The summed E-state index contributed by atoms with van der Waals surface area (Å²) in [5.74, 6) is 0. The summed E-state index contributed by atoms with van der Waals surface area (Å²) in [7, 11) is 0. The van der Waals surface area contributed by atoms with E-state index < -0.39 is 5.56 Å². The Hall–Kier alpha value is -2.60. The van der Waals surface area contributed by atoms with Crippen molar-refractivity contribution in [2.24, 2.45) is 0 Å². The van der Waals surface area contributed by atoms with Gasteiger partial charge in [0.25, 0.3) is 5.56 Å². The molecule has 7 heteroatoms. The molecule has 2 N–H and O–H groups in total. The Kier molecular flexibility index (Phi) is 4.43. The SMILES string of the molecule is CC(Nc1cn[nH]c(=O)c1Cl)c1cnn(Cc2ccccc2)c1. The van der Waals surface area contributed by atoms with Crippen molar-refractivity contribution in [1.82, 2.24) is 20.0 Å². The van der Waals surface area contributed by atoms with Crippen molar-refractivity contribution >= 4 is 17.3 Å². The fourth-order valence-corrected chi connectivity index (χ4v) is 2.41. The normalized spacial score (nSPS) is 12.1. The van der Waals surface area contributed by atoms with E-state index in [0.29, 0.717) is 12.2 Å². The molecule has 0 spiro atoms. The van der Waals surface area contributed by atoms with Crippen LogP contribution < -0.4 is 10.9 Å². The first kappa shape index (κ1) is 15.3. The van der Waals surface area contributed by atoms with Crippen LogP contribution in [0.25, 0.3) is 0 Å². The number of hydrogen-bond acceptors (Lipinski definition) is 4. The molecule has 0 aliphatic rings. The number of nitrogens with one attached hydrogen (secondary N) is 2. The monoisotopic (exact) mass is 329 g/mol. The lowest BCUT2D eigenvalue weighted by molar-refractivity contribution is 0.685. The summed E-state index contributed by atoms with van der Waals surface area (Å²) in [6.07, 6.45) is 5.27. The number of aromatic amines is 1. The van der Waals surface area contributed by atoms with Crippen molar-refractivity contribution in [2.45, 2.75) is 19.5 Å². The van der Waals surface area contributed by atoms with Crippen LogP contribution in [0.4, 0.5) is 5.69 Å². The maximum atomic E-state index is 11.5. The second-order valence-electron chi connectivity index (χ2n) is 5.25. The molecule has 0 saturated heterocycles. The maximum absolute atomic E-state index is 11.5. The fourth-order valence-electron chi connectivity index (χ4n) is 2.26. The molecule has 0 amide bonds. The lowest BCUT2D eigenvalue weighted by Crippen LogP contribution is -2.14. The Morgan fingerprint density at radius 3 is 2.87 bits per heavy atom. The molecule has 0 aliphatic carbocycles. The summed E-state index contributed by atoms with van der Waals surface area (Å²) in [5, 5.41) is 13.7. The highest BCUT2D eigenvalue weighted by molar-refractivity contribution is 6.32. The number of rotatable bonds is 5. The van der Waals surface area contributed by atoms with Crippen LogP contribution in [0.1, 0.15) is 24.1 Å². The van der Waals surface area contributed by atoms with E-state index in [1.165, 1.54) is 11.8 Å². The van der Waals surface area contributed by atoms with Gasteiger partial charge >= 0.3 is 0 Å². The first-order valence-electron chi connectivity index (χ1n) is 7.19. The number of anilines is 1. The number of hydrogen-bond donors (Lipinski definition) is 2. The zero-order valence-corrected chi connectivity index (χ0v) is 13.3. The molecule has 1 unspecified atom stereocenters. The van der Waals surface area contributed by atoms with Crippen LogP contribution in [0, 0.1) is 0 Å².